The van der Waals surface area contributed by atoms with Crippen molar-refractivity contribution in [3.05, 3.63) is 15.6 Å². The van der Waals surface area contributed by atoms with Gasteiger partial charge in [0.1, 0.15) is 5.01 Å². The Hall–Kier alpha value is -0.0600. The predicted octanol–water partition coefficient (Wildman–Crippen LogP) is 3.91. The molecule has 1 aromatic heterocycles. The number of rotatable bonds is 5. The van der Waals surface area contributed by atoms with Gasteiger partial charge in [-0.3, -0.25) is 0 Å². The zero-order chi connectivity index (χ0) is 12.1. The van der Waals surface area contributed by atoms with E-state index in [1.165, 1.54) is 47.0 Å². The molecule has 96 valence electrons. The van der Waals surface area contributed by atoms with Crippen molar-refractivity contribution < 1.29 is 0 Å². The molecule has 2 rings (SSSR count). The molecule has 17 heavy (non-hydrogen) atoms. The van der Waals surface area contributed by atoms with Gasteiger partial charge in [0.15, 0.2) is 0 Å². The molecule has 2 nitrogen and oxygen atoms in total. The van der Waals surface area contributed by atoms with Crippen molar-refractivity contribution in [1.82, 2.24) is 10.3 Å². The Morgan fingerprint density at radius 1 is 1.41 bits per heavy atom. The van der Waals surface area contributed by atoms with E-state index in [2.05, 4.69) is 30.9 Å². The molecule has 1 aliphatic rings. The zero-order valence-electron chi connectivity index (χ0n) is 10.8. The van der Waals surface area contributed by atoms with Crippen LogP contribution in [0.25, 0.3) is 0 Å². The Morgan fingerprint density at radius 2 is 2.29 bits per heavy atom. The summed E-state index contributed by atoms with van der Waals surface area (Å²) in [6.45, 7) is 6.45. The number of thioether (sulfide) groups is 1. The molecule has 1 unspecified atom stereocenters. The molecule has 0 aromatic carbocycles. The number of aromatic nitrogens is 1. The molecule has 0 saturated carbocycles. The highest BCUT2D eigenvalue weighted by Crippen LogP contribution is 2.40. The van der Waals surface area contributed by atoms with Crippen LogP contribution in [0.15, 0.2) is 0 Å². The number of hydrogen-bond donors (Lipinski definition) is 1. The molecule has 4 heteroatoms. The van der Waals surface area contributed by atoms with Crippen molar-refractivity contribution in [2.75, 3.05) is 12.3 Å². The van der Waals surface area contributed by atoms with Gasteiger partial charge in [-0.25, -0.2) is 4.98 Å². The summed E-state index contributed by atoms with van der Waals surface area (Å²) < 4.78 is 0. The maximum absolute atomic E-state index is 4.77. The van der Waals surface area contributed by atoms with E-state index in [9.17, 15) is 0 Å². The van der Waals surface area contributed by atoms with Crippen LogP contribution in [-0.2, 0) is 6.54 Å². The number of nitrogens with one attached hydrogen (secondary N) is 1. The highest BCUT2D eigenvalue weighted by Gasteiger charge is 2.20. The van der Waals surface area contributed by atoms with Gasteiger partial charge in [-0.15, -0.1) is 11.3 Å². The average molecular weight is 270 g/mol. The van der Waals surface area contributed by atoms with E-state index in [0.717, 1.165) is 13.1 Å². The first kappa shape index (κ1) is 13.4. The molecule has 1 aromatic rings. The first-order valence-corrected chi connectivity index (χ1v) is 8.46. The minimum atomic E-state index is 0.673. The van der Waals surface area contributed by atoms with E-state index >= 15 is 0 Å². The summed E-state index contributed by atoms with van der Waals surface area (Å²) in [6, 6.07) is 0. The molecule has 0 spiro atoms. The van der Waals surface area contributed by atoms with Crippen LogP contribution < -0.4 is 5.32 Å². The van der Waals surface area contributed by atoms with Gasteiger partial charge in [-0.1, -0.05) is 13.3 Å². The molecule has 0 bridgehead atoms. The van der Waals surface area contributed by atoms with Gasteiger partial charge >= 0.3 is 0 Å². The van der Waals surface area contributed by atoms with E-state index in [4.69, 9.17) is 4.98 Å². The van der Waals surface area contributed by atoms with Crippen molar-refractivity contribution in [3.63, 3.8) is 0 Å². The molecule has 1 atom stereocenters. The lowest BCUT2D eigenvalue weighted by molar-refractivity contribution is 0.677. The lowest BCUT2D eigenvalue weighted by Crippen LogP contribution is -2.13. The lowest BCUT2D eigenvalue weighted by Gasteiger charge is -2.18. The monoisotopic (exact) mass is 270 g/mol. The summed E-state index contributed by atoms with van der Waals surface area (Å²) in [6.07, 6.45) is 5.28. The summed E-state index contributed by atoms with van der Waals surface area (Å²) in [5.74, 6) is 1.31. The quantitative estimate of drug-likeness (QED) is 0.821. The van der Waals surface area contributed by atoms with Crippen LogP contribution in [0.2, 0.25) is 0 Å². The molecule has 0 radical (unpaired) electrons. The third kappa shape index (κ3) is 3.70. The third-order valence-electron chi connectivity index (χ3n) is 3.08. The smallest absolute Gasteiger partial charge is 0.106 e. The molecular weight excluding hydrogens is 248 g/mol. The van der Waals surface area contributed by atoms with E-state index in [1.807, 2.05) is 11.3 Å². The molecule has 1 N–H and O–H groups in total. The van der Waals surface area contributed by atoms with Crippen LogP contribution in [0.5, 0.6) is 0 Å². The van der Waals surface area contributed by atoms with E-state index in [0.29, 0.717) is 5.25 Å². The summed E-state index contributed by atoms with van der Waals surface area (Å²) >= 11 is 4.02. The van der Waals surface area contributed by atoms with Crippen molar-refractivity contribution in [3.8, 4) is 0 Å². The summed E-state index contributed by atoms with van der Waals surface area (Å²) in [5, 5.41) is 5.51. The minimum Gasteiger partial charge on any atom is -0.312 e. The number of thiazole rings is 1. The third-order valence-corrected chi connectivity index (χ3v) is 5.88. The van der Waals surface area contributed by atoms with Crippen molar-refractivity contribution in [2.24, 2.45) is 0 Å². The zero-order valence-corrected chi connectivity index (χ0v) is 12.4. The van der Waals surface area contributed by atoms with Gasteiger partial charge in [0.2, 0.25) is 0 Å². The van der Waals surface area contributed by atoms with Gasteiger partial charge in [0.25, 0.3) is 0 Å². The molecule has 0 amide bonds. The van der Waals surface area contributed by atoms with Crippen molar-refractivity contribution in [1.29, 1.82) is 0 Å². The summed E-state index contributed by atoms with van der Waals surface area (Å²) in [4.78, 5) is 6.20. The van der Waals surface area contributed by atoms with Gasteiger partial charge in [0, 0.05) is 11.4 Å². The largest absolute Gasteiger partial charge is 0.312 e. The summed E-state index contributed by atoms with van der Waals surface area (Å²) in [5.41, 5.74) is 1.24. The highest BCUT2D eigenvalue weighted by atomic mass is 32.2. The average Bonchev–Trinajstić information content (AvgIpc) is 2.73. The molecule has 0 aliphatic carbocycles. The van der Waals surface area contributed by atoms with Crippen molar-refractivity contribution >= 4 is 23.1 Å². The Kier molecular flexibility index (Phi) is 5.32. The Morgan fingerprint density at radius 3 is 3.00 bits per heavy atom. The Labute approximate surface area is 113 Å². The fraction of sp³-hybridized carbons (Fsp3) is 0.769. The fourth-order valence-corrected chi connectivity index (χ4v) is 4.65. The van der Waals surface area contributed by atoms with E-state index in [-0.39, 0.29) is 0 Å². The summed E-state index contributed by atoms with van der Waals surface area (Å²) in [7, 11) is 0. The van der Waals surface area contributed by atoms with Gasteiger partial charge in [0.05, 0.1) is 10.9 Å². The second-order valence-corrected chi connectivity index (χ2v) is 7.02. The Balaban J connectivity index is 1.96. The molecular formula is C13H22N2S2. The molecule has 2 heterocycles. The topological polar surface area (TPSA) is 24.9 Å². The normalized spacial score (nSPS) is 20.7. The number of nitrogens with zero attached hydrogens (tertiary/aromatic N) is 1. The minimum absolute atomic E-state index is 0.673. The van der Waals surface area contributed by atoms with Gasteiger partial charge in [-0.05, 0) is 38.5 Å². The predicted molar refractivity (Wildman–Crippen MR) is 77.9 cm³/mol. The van der Waals surface area contributed by atoms with Crippen LogP contribution in [0.1, 0.15) is 53.4 Å². The number of hydrogen-bond acceptors (Lipinski definition) is 4. The first-order valence-electron chi connectivity index (χ1n) is 6.59. The van der Waals surface area contributed by atoms with Crippen LogP contribution in [0.4, 0.5) is 0 Å². The fourth-order valence-electron chi connectivity index (χ4n) is 2.07. The number of aryl methyl sites for hydroxylation is 1. The van der Waals surface area contributed by atoms with Crippen LogP contribution in [0.3, 0.4) is 0 Å². The molecule has 1 fully saturated rings. The maximum Gasteiger partial charge on any atom is 0.106 e. The second-order valence-electron chi connectivity index (χ2n) is 4.59. The molecule has 1 saturated heterocycles. The van der Waals surface area contributed by atoms with Crippen LogP contribution in [-0.4, -0.2) is 17.3 Å². The Bertz CT molecular complexity index is 343. The van der Waals surface area contributed by atoms with Crippen molar-refractivity contribution in [2.45, 2.75) is 51.3 Å². The highest BCUT2D eigenvalue weighted by molar-refractivity contribution is 7.99. The van der Waals surface area contributed by atoms with Crippen LogP contribution >= 0.6 is 23.1 Å². The standard InChI is InChI=1S/C13H22N2S2/c1-3-7-14-9-12-10(2)15-13(17-12)11-6-4-5-8-16-11/h11,14H,3-9H2,1-2H3. The van der Waals surface area contributed by atoms with Gasteiger partial charge < -0.3 is 5.32 Å². The van der Waals surface area contributed by atoms with E-state index in [1.54, 1.807) is 0 Å². The van der Waals surface area contributed by atoms with Gasteiger partial charge in [-0.2, -0.15) is 11.8 Å². The van der Waals surface area contributed by atoms with Crippen LogP contribution in [0, 0.1) is 6.92 Å². The lowest BCUT2D eigenvalue weighted by atomic mass is 10.2. The maximum atomic E-state index is 4.77. The SMILES string of the molecule is CCCNCc1sc(C2CCCCS2)nc1C. The molecule has 1 aliphatic heterocycles. The first-order chi connectivity index (χ1) is 8.31. The van der Waals surface area contributed by atoms with E-state index < -0.39 is 0 Å². The second kappa shape index (κ2) is 6.76.